The van der Waals surface area contributed by atoms with Gasteiger partial charge in [0, 0.05) is 6.42 Å². The van der Waals surface area contributed by atoms with E-state index in [-0.39, 0.29) is 5.97 Å². The number of carbonyl (C=O) groups excluding carboxylic acids is 2. The molecule has 0 aliphatic heterocycles. The molecule has 0 saturated carbocycles. The van der Waals surface area contributed by atoms with Crippen molar-refractivity contribution in [3.05, 3.63) is 12.3 Å². The lowest BCUT2D eigenvalue weighted by molar-refractivity contribution is -0.138. The van der Waals surface area contributed by atoms with Crippen LogP contribution in [0.15, 0.2) is 12.3 Å². The van der Waals surface area contributed by atoms with E-state index in [0.717, 1.165) is 18.8 Å². The molecule has 4 heteroatoms. The highest BCUT2D eigenvalue weighted by Gasteiger charge is 1.98. The van der Waals surface area contributed by atoms with E-state index < -0.39 is 5.97 Å². The number of rotatable bonds is 5. The molecular weight excluding hydrogens is 172 g/mol. The molecule has 0 radical (unpaired) electrons. The summed E-state index contributed by atoms with van der Waals surface area (Å²) in [5.41, 5.74) is 0. The van der Waals surface area contributed by atoms with Crippen molar-refractivity contribution >= 4 is 11.9 Å². The lowest BCUT2D eigenvalue weighted by atomic mass is 10.3. The Hall–Kier alpha value is -1.32. The normalized spacial score (nSPS) is 10.0. The molecule has 0 fully saturated rings. The minimum Gasteiger partial charge on any atom is -0.463 e. The van der Waals surface area contributed by atoms with Gasteiger partial charge in [0.15, 0.2) is 0 Å². The number of esters is 2. The zero-order valence-corrected chi connectivity index (χ0v) is 7.91. The van der Waals surface area contributed by atoms with Crippen molar-refractivity contribution in [3.8, 4) is 0 Å². The van der Waals surface area contributed by atoms with Gasteiger partial charge in [-0.3, -0.25) is 4.79 Å². The summed E-state index contributed by atoms with van der Waals surface area (Å²) in [6.07, 6.45) is 3.21. The van der Waals surface area contributed by atoms with Crippen LogP contribution >= 0.6 is 0 Å². The molecule has 0 aliphatic carbocycles. The van der Waals surface area contributed by atoms with Gasteiger partial charge < -0.3 is 9.47 Å². The second kappa shape index (κ2) is 7.34. The van der Waals surface area contributed by atoms with Crippen LogP contribution in [0.1, 0.15) is 26.7 Å². The maximum absolute atomic E-state index is 10.8. The molecule has 74 valence electrons. The quantitative estimate of drug-likeness (QED) is 0.370. The molecule has 0 unspecified atom stereocenters. The summed E-state index contributed by atoms with van der Waals surface area (Å²) >= 11 is 0. The van der Waals surface area contributed by atoms with Crippen molar-refractivity contribution < 1.29 is 19.1 Å². The molecule has 0 atom stereocenters. The summed E-state index contributed by atoms with van der Waals surface area (Å²) in [6.45, 7) is 3.89. The van der Waals surface area contributed by atoms with Crippen LogP contribution in [0.25, 0.3) is 0 Å². The standard InChI is InChI=1S/C9H14O4/c1-3-5-8(10)13-7-6-9(11)12-4-2/h6-7H,3-5H2,1-2H3. The Morgan fingerprint density at radius 1 is 1.31 bits per heavy atom. The van der Waals surface area contributed by atoms with Crippen LogP contribution in [0, 0.1) is 0 Å². The fourth-order valence-electron chi connectivity index (χ4n) is 0.619. The van der Waals surface area contributed by atoms with Crippen molar-refractivity contribution in [3.63, 3.8) is 0 Å². The topological polar surface area (TPSA) is 52.6 Å². The molecule has 0 aromatic rings. The van der Waals surface area contributed by atoms with Gasteiger partial charge in [-0.15, -0.1) is 0 Å². The number of ether oxygens (including phenoxy) is 2. The molecule has 0 saturated heterocycles. The monoisotopic (exact) mass is 186 g/mol. The van der Waals surface area contributed by atoms with Crippen molar-refractivity contribution in [1.29, 1.82) is 0 Å². The number of hydrogen-bond donors (Lipinski definition) is 0. The Kier molecular flexibility index (Phi) is 6.59. The van der Waals surface area contributed by atoms with Gasteiger partial charge in [0.2, 0.25) is 0 Å². The molecule has 0 rings (SSSR count). The van der Waals surface area contributed by atoms with E-state index in [2.05, 4.69) is 9.47 Å². The van der Waals surface area contributed by atoms with E-state index in [0.29, 0.717) is 13.0 Å². The highest BCUT2D eigenvalue weighted by atomic mass is 16.5. The van der Waals surface area contributed by atoms with Crippen LogP contribution in [0.3, 0.4) is 0 Å². The minimum absolute atomic E-state index is 0.312. The molecule has 0 aliphatic rings. The first-order valence-electron chi connectivity index (χ1n) is 4.23. The first-order chi connectivity index (χ1) is 6.20. The molecule has 0 N–H and O–H groups in total. The van der Waals surface area contributed by atoms with E-state index in [9.17, 15) is 9.59 Å². The van der Waals surface area contributed by atoms with Gasteiger partial charge in [0.1, 0.15) is 6.26 Å². The summed E-state index contributed by atoms with van der Waals surface area (Å²) in [6, 6.07) is 0. The fourth-order valence-corrected chi connectivity index (χ4v) is 0.619. The van der Waals surface area contributed by atoms with Crippen LogP contribution < -0.4 is 0 Å². The van der Waals surface area contributed by atoms with Gasteiger partial charge in [0.05, 0.1) is 12.7 Å². The molecule has 0 aromatic carbocycles. The van der Waals surface area contributed by atoms with E-state index in [1.807, 2.05) is 6.92 Å². The van der Waals surface area contributed by atoms with Gasteiger partial charge in [-0.25, -0.2) is 4.79 Å². The molecule has 0 heterocycles. The molecular formula is C9H14O4. The molecule has 4 nitrogen and oxygen atoms in total. The summed E-state index contributed by atoms with van der Waals surface area (Å²) < 4.78 is 9.15. The molecule has 0 aromatic heterocycles. The van der Waals surface area contributed by atoms with Crippen molar-refractivity contribution in [2.45, 2.75) is 26.7 Å². The SMILES string of the molecule is CCCC(=O)OC=CC(=O)OCC. The molecule has 0 bridgehead atoms. The number of carbonyl (C=O) groups is 2. The van der Waals surface area contributed by atoms with Crippen molar-refractivity contribution in [1.82, 2.24) is 0 Å². The lowest BCUT2D eigenvalue weighted by Gasteiger charge is -1.96. The Bertz CT molecular complexity index is 196. The molecule has 0 spiro atoms. The average Bonchev–Trinajstić information content (AvgIpc) is 2.05. The van der Waals surface area contributed by atoms with Crippen molar-refractivity contribution in [2.24, 2.45) is 0 Å². The van der Waals surface area contributed by atoms with E-state index in [4.69, 9.17) is 0 Å². The highest BCUT2D eigenvalue weighted by Crippen LogP contribution is 1.92. The summed E-state index contributed by atoms with van der Waals surface area (Å²) in [5, 5.41) is 0. The van der Waals surface area contributed by atoms with Gasteiger partial charge in [-0.1, -0.05) is 6.92 Å². The Morgan fingerprint density at radius 2 is 2.00 bits per heavy atom. The second-order valence-electron chi connectivity index (χ2n) is 2.29. The Morgan fingerprint density at radius 3 is 2.54 bits per heavy atom. The summed E-state index contributed by atoms with van der Waals surface area (Å²) in [7, 11) is 0. The average molecular weight is 186 g/mol. The van der Waals surface area contributed by atoms with Crippen LogP contribution in [0.4, 0.5) is 0 Å². The summed E-state index contributed by atoms with van der Waals surface area (Å²) in [5.74, 6) is -0.852. The highest BCUT2D eigenvalue weighted by molar-refractivity contribution is 5.82. The maximum atomic E-state index is 10.8. The molecule has 0 amide bonds. The van der Waals surface area contributed by atoms with Crippen molar-refractivity contribution in [2.75, 3.05) is 6.61 Å². The van der Waals surface area contributed by atoms with Gasteiger partial charge in [-0.05, 0) is 13.3 Å². The predicted molar refractivity (Wildman–Crippen MR) is 46.8 cm³/mol. The van der Waals surface area contributed by atoms with Crippen LogP contribution in [-0.2, 0) is 19.1 Å². The largest absolute Gasteiger partial charge is 0.463 e. The first-order valence-corrected chi connectivity index (χ1v) is 4.23. The van der Waals surface area contributed by atoms with E-state index >= 15 is 0 Å². The first kappa shape index (κ1) is 11.7. The molecule has 13 heavy (non-hydrogen) atoms. The van der Waals surface area contributed by atoms with E-state index in [1.54, 1.807) is 6.92 Å². The third-order valence-electron chi connectivity index (χ3n) is 1.14. The third kappa shape index (κ3) is 7.05. The Labute approximate surface area is 77.5 Å². The van der Waals surface area contributed by atoms with Gasteiger partial charge in [0.25, 0.3) is 0 Å². The van der Waals surface area contributed by atoms with Crippen LogP contribution in [-0.4, -0.2) is 18.5 Å². The zero-order valence-electron chi connectivity index (χ0n) is 7.91. The van der Waals surface area contributed by atoms with Gasteiger partial charge >= 0.3 is 11.9 Å². The van der Waals surface area contributed by atoms with E-state index in [1.165, 1.54) is 0 Å². The Balaban J connectivity index is 3.61. The summed E-state index contributed by atoms with van der Waals surface area (Å²) in [4.78, 5) is 21.4. The third-order valence-corrected chi connectivity index (χ3v) is 1.14. The van der Waals surface area contributed by atoms with Gasteiger partial charge in [-0.2, -0.15) is 0 Å². The van der Waals surface area contributed by atoms with Crippen LogP contribution in [0.2, 0.25) is 0 Å². The zero-order chi connectivity index (χ0) is 10.1. The van der Waals surface area contributed by atoms with Crippen LogP contribution in [0.5, 0.6) is 0 Å². The smallest absolute Gasteiger partial charge is 0.333 e. The minimum atomic E-state index is -0.508. The predicted octanol–water partition coefficient (Wildman–Crippen LogP) is 1.41. The second-order valence-corrected chi connectivity index (χ2v) is 2.29. The maximum Gasteiger partial charge on any atom is 0.333 e. The number of hydrogen-bond acceptors (Lipinski definition) is 4. The fraction of sp³-hybridized carbons (Fsp3) is 0.556. The lowest BCUT2D eigenvalue weighted by Crippen LogP contribution is -2.01.